The molecule has 0 bridgehead atoms. The normalized spacial score (nSPS) is 12.7. The van der Waals surface area contributed by atoms with Crippen LogP contribution in [-0.2, 0) is 28.1 Å². The molecule has 2 N–H and O–H groups in total. The molecule has 0 aliphatic rings. The van der Waals surface area contributed by atoms with Crippen molar-refractivity contribution in [3.8, 4) is 0 Å². The molecule has 0 aliphatic heterocycles. The summed E-state index contributed by atoms with van der Waals surface area (Å²) < 4.78 is 47.3. The van der Waals surface area contributed by atoms with Crippen LogP contribution in [0.5, 0.6) is 0 Å². The van der Waals surface area contributed by atoms with Crippen molar-refractivity contribution in [1.29, 1.82) is 0 Å². The fourth-order valence-corrected chi connectivity index (χ4v) is 5.40. The Labute approximate surface area is 194 Å². The van der Waals surface area contributed by atoms with Gasteiger partial charge in [0.1, 0.15) is 0 Å². The van der Waals surface area contributed by atoms with Gasteiger partial charge in [-0.25, -0.2) is 0 Å². The Morgan fingerprint density at radius 3 is 2.28 bits per heavy atom. The lowest BCUT2D eigenvalue weighted by Gasteiger charge is -2.20. The van der Waals surface area contributed by atoms with Gasteiger partial charge in [-0.3, -0.25) is 4.57 Å². The number of aryl methyl sites for hydroxylation is 2. The minimum Gasteiger partial charge on any atom is -0.377 e. The minimum absolute atomic E-state index is 0.0470. The number of hydrogen-bond donors (Lipinski definition) is 2. The number of halogens is 3. The minimum atomic E-state index is -5.64. The van der Waals surface area contributed by atoms with Crippen LogP contribution in [0, 0.1) is 27.7 Å². The van der Waals surface area contributed by atoms with Gasteiger partial charge in [0.2, 0.25) is 0 Å². The van der Waals surface area contributed by atoms with Gasteiger partial charge in [0.25, 0.3) is 0 Å². The predicted octanol–water partition coefficient (Wildman–Crippen LogP) is 6.45. The molecule has 3 aromatic rings. The van der Waals surface area contributed by atoms with Crippen LogP contribution in [0.1, 0.15) is 45.9 Å². The first kappa shape index (κ1) is 25.1. The van der Waals surface area contributed by atoms with Gasteiger partial charge in [0, 0.05) is 40.3 Å². The van der Waals surface area contributed by atoms with E-state index in [1.165, 1.54) is 28.8 Å². The predicted molar refractivity (Wildman–Crippen MR) is 125 cm³/mol. The number of rotatable bonds is 7. The van der Waals surface area contributed by atoms with Crippen LogP contribution in [-0.4, -0.2) is 21.0 Å². The van der Waals surface area contributed by atoms with Crippen molar-refractivity contribution in [3.05, 3.63) is 67.8 Å². The Balaban J connectivity index is 2.12. The van der Waals surface area contributed by atoms with Gasteiger partial charge in [0.15, 0.2) is 0 Å². The number of aromatic nitrogens is 1. The monoisotopic (exact) mass is 529 g/mol. The molecule has 0 atom stereocenters. The summed E-state index contributed by atoms with van der Waals surface area (Å²) in [7, 11) is -5.64. The second-order valence-electron chi connectivity index (χ2n) is 8.04. The molecule has 0 radical (unpaired) electrons. The van der Waals surface area contributed by atoms with Crippen molar-refractivity contribution in [1.82, 2.24) is 4.57 Å². The fourth-order valence-electron chi connectivity index (χ4n) is 4.06. The van der Waals surface area contributed by atoms with Gasteiger partial charge in [-0.15, -0.1) is 0 Å². The van der Waals surface area contributed by atoms with Crippen LogP contribution in [0.4, 0.5) is 8.78 Å². The number of fused-ring (bicyclic) bond motifs is 1. The molecule has 0 aliphatic carbocycles. The molecule has 32 heavy (non-hydrogen) atoms. The van der Waals surface area contributed by atoms with Crippen molar-refractivity contribution >= 4 is 34.4 Å². The van der Waals surface area contributed by atoms with Gasteiger partial charge in [-0.1, -0.05) is 28.1 Å². The maximum Gasteiger partial charge on any atom is 0.399 e. The number of ether oxygens (including phenoxy) is 1. The number of hydrogen-bond acceptors (Lipinski definition) is 2. The lowest BCUT2D eigenvalue weighted by molar-refractivity contribution is 0.0557. The van der Waals surface area contributed by atoms with Gasteiger partial charge < -0.3 is 19.1 Å². The highest BCUT2D eigenvalue weighted by molar-refractivity contribution is 9.10. The van der Waals surface area contributed by atoms with Crippen LogP contribution in [0.25, 0.3) is 10.9 Å². The molecule has 0 fully saturated rings. The second-order valence-corrected chi connectivity index (χ2v) is 10.5. The third-order valence-electron chi connectivity index (χ3n) is 6.11. The summed E-state index contributed by atoms with van der Waals surface area (Å²) in [4.78, 5) is 18.1. The maximum absolute atomic E-state index is 14.2. The van der Waals surface area contributed by atoms with Crippen molar-refractivity contribution in [3.63, 3.8) is 0 Å². The Morgan fingerprint density at radius 2 is 1.72 bits per heavy atom. The first-order valence-corrected chi connectivity index (χ1v) is 12.6. The molecule has 0 saturated carbocycles. The van der Waals surface area contributed by atoms with Crippen molar-refractivity contribution in [2.75, 3.05) is 6.61 Å². The molecule has 0 unspecified atom stereocenters. The van der Waals surface area contributed by atoms with E-state index in [1.807, 2.05) is 13.1 Å². The summed E-state index contributed by atoms with van der Waals surface area (Å²) >= 11 is 3.07. The van der Waals surface area contributed by atoms with E-state index in [0.29, 0.717) is 19.8 Å². The third kappa shape index (κ3) is 4.31. The van der Waals surface area contributed by atoms with Crippen LogP contribution in [0.3, 0.4) is 0 Å². The van der Waals surface area contributed by atoms with E-state index >= 15 is 0 Å². The van der Waals surface area contributed by atoms with Crippen LogP contribution in [0.15, 0.2) is 28.9 Å². The summed E-state index contributed by atoms with van der Waals surface area (Å²) in [6.07, 6.45) is 2.03. The van der Waals surface area contributed by atoms with Gasteiger partial charge in [0.05, 0.1) is 12.1 Å². The van der Waals surface area contributed by atoms with E-state index < -0.39 is 18.8 Å². The van der Waals surface area contributed by atoms with E-state index in [-0.39, 0.29) is 4.47 Å². The topological polar surface area (TPSA) is 71.7 Å². The van der Waals surface area contributed by atoms with Gasteiger partial charge >= 0.3 is 13.3 Å². The van der Waals surface area contributed by atoms with E-state index in [4.69, 9.17) is 14.5 Å². The largest absolute Gasteiger partial charge is 0.399 e. The summed E-state index contributed by atoms with van der Waals surface area (Å²) in [5.41, 5.74) is 2.63. The first-order chi connectivity index (χ1) is 14.8. The number of alkyl halides is 2. The van der Waals surface area contributed by atoms with Crippen molar-refractivity contribution in [2.45, 2.75) is 53.4 Å². The Morgan fingerprint density at radius 1 is 1.09 bits per heavy atom. The lowest BCUT2D eigenvalue weighted by Crippen LogP contribution is -2.14. The van der Waals surface area contributed by atoms with E-state index in [1.54, 1.807) is 0 Å². The quantitative estimate of drug-likeness (QED) is 0.345. The molecule has 5 nitrogen and oxygen atoms in total. The zero-order chi connectivity index (χ0) is 24.0. The molecular weight excluding hydrogens is 503 g/mol. The smallest absolute Gasteiger partial charge is 0.377 e. The summed E-state index contributed by atoms with van der Waals surface area (Å²) in [6.45, 7) is 11.8. The van der Waals surface area contributed by atoms with Crippen molar-refractivity contribution in [2.24, 2.45) is 0 Å². The third-order valence-corrected chi connectivity index (χ3v) is 7.74. The summed E-state index contributed by atoms with van der Waals surface area (Å²) in [6, 6.07) is 4.02. The molecule has 9 heteroatoms. The number of nitrogens with zero attached hydrogens (tertiary/aromatic N) is 1. The van der Waals surface area contributed by atoms with Crippen LogP contribution in [0.2, 0.25) is 0 Å². The van der Waals surface area contributed by atoms with E-state index in [2.05, 4.69) is 48.2 Å². The Bertz CT molecular complexity index is 1230. The van der Waals surface area contributed by atoms with E-state index in [0.717, 1.165) is 33.7 Å². The summed E-state index contributed by atoms with van der Waals surface area (Å²) in [5.74, 6) is 0. The van der Waals surface area contributed by atoms with Crippen molar-refractivity contribution < 1.29 is 27.9 Å². The molecule has 0 saturated heterocycles. The molecule has 1 heterocycles. The molecule has 1 aromatic heterocycles. The molecule has 174 valence electrons. The lowest BCUT2D eigenvalue weighted by atomic mass is 9.94. The second kappa shape index (κ2) is 8.99. The average Bonchev–Trinajstić information content (AvgIpc) is 3.06. The zero-order valence-corrected chi connectivity index (χ0v) is 21.2. The Hall–Kier alpha value is -1.57. The highest BCUT2D eigenvalue weighted by Gasteiger charge is 2.51. The van der Waals surface area contributed by atoms with E-state index in [9.17, 15) is 13.3 Å². The van der Waals surface area contributed by atoms with Gasteiger partial charge in [-0.2, -0.15) is 8.78 Å². The molecule has 0 spiro atoms. The summed E-state index contributed by atoms with van der Waals surface area (Å²) in [5, 5.41) is 1.14. The van der Waals surface area contributed by atoms with Crippen LogP contribution >= 0.6 is 23.5 Å². The SMILES string of the molecule is CCOCc1cn(Cc2ccc(C(F)(F)P(=O)(O)O)c(Br)c2)c2c(C)c(C)c(C)c(C)c12. The zero-order valence-electron chi connectivity index (χ0n) is 18.7. The standard InChI is InChI=1S/C23H27BrF2NO4P/c1-6-31-12-18-11-27(22-16(5)14(3)13(2)15(4)21(18)22)10-17-7-8-19(20(24)9-17)23(25,26)32(28,29)30/h7-9,11H,6,10,12H2,1-5H3,(H2,28,29,30). The highest BCUT2D eigenvalue weighted by Crippen LogP contribution is 2.60. The molecule has 2 aromatic carbocycles. The van der Waals surface area contributed by atoms with Crippen LogP contribution < -0.4 is 0 Å². The average molecular weight is 530 g/mol. The maximum atomic E-state index is 14.2. The molecule has 3 rings (SSSR count). The Kier molecular flexibility index (Phi) is 7.04. The number of benzene rings is 2. The molecular formula is C23H27BrF2NO4P. The fraction of sp³-hybridized carbons (Fsp3) is 0.391. The molecule has 0 amide bonds. The van der Waals surface area contributed by atoms with Gasteiger partial charge in [-0.05, 0) is 68.5 Å². The highest BCUT2D eigenvalue weighted by atomic mass is 79.9. The first-order valence-electron chi connectivity index (χ1n) is 10.2.